The van der Waals surface area contributed by atoms with Gasteiger partial charge in [0, 0.05) is 22.7 Å². The van der Waals surface area contributed by atoms with Crippen LogP contribution in [0.15, 0.2) is 36.5 Å². The third-order valence-electron chi connectivity index (χ3n) is 2.45. The van der Waals surface area contributed by atoms with Crippen molar-refractivity contribution in [2.75, 3.05) is 6.61 Å². The molecule has 1 aromatic carbocycles. The minimum atomic E-state index is -0.294. The molecule has 0 aliphatic rings. The van der Waals surface area contributed by atoms with Gasteiger partial charge in [-0.15, -0.1) is 0 Å². The van der Waals surface area contributed by atoms with Gasteiger partial charge >= 0.3 is 0 Å². The molecule has 0 aliphatic heterocycles. The number of pyridine rings is 1. The molecule has 0 saturated heterocycles. The number of benzene rings is 1. The van der Waals surface area contributed by atoms with Crippen molar-refractivity contribution in [1.82, 2.24) is 4.98 Å². The Labute approximate surface area is 102 Å². The topological polar surface area (TPSA) is 48.1 Å². The molecule has 3 heteroatoms. The molecule has 0 amide bonds. The van der Waals surface area contributed by atoms with Gasteiger partial charge in [0.2, 0.25) is 0 Å². The number of hydrogen-bond acceptors (Lipinski definition) is 3. The van der Waals surface area contributed by atoms with Gasteiger partial charge in [0.15, 0.2) is 0 Å². The molecule has 0 saturated carbocycles. The Morgan fingerprint density at radius 1 is 1.24 bits per heavy atom. The van der Waals surface area contributed by atoms with Crippen LogP contribution in [0.1, 0.15) is 19.4 Å². The van der Waals surface area contributed by atoms with E-state index in [1.54, 1.807) is 6.20 Å². The predicted octanol–water partition coefficient (Wildman–Crippen LogP) is 2.49. The van der Waals surface area contributed by atoms with E-state index in [-0.39, 0.29) is 5.54 Å². The predicted molar refractivity (Wildman–Crippen MR) is 69.7 cm³/mol. The Hall–Kier alpha value is -1.45. The highest BCUT2D eigenvalue weighted by molar-refractivity contribution is 5.81. The van der Waals surface area contributed by atoms with E-state index in [2.05, 4.69) is 17.1 Å². The average molecular weight is 230 g/mol. The van der Waals surface area contributed by atoms with Crippen molar-refractivity contribution in [2.24, 2.45) is 5.73 Å². The highest BCUT2D eigenvalue weighted by Gasteiger charge is 2.11. The number of ether oxygens (including phenoxy) is 1. The molecule has 0 unspecified atom stereocenters. The van der Waals surface area contributed by atoms with Crippen molar-refractivity contribution >= 4 is 10.9 Å². The van der Waals surface area contributed by atoms with E-state index in [0.29, 0.717) is 13.2 Å². The van der Waals surface area contributed by atoms with Crippen LogP contribution in [0, 0.1) is 0 Å². The zero-order valence-electron chi connectivity index (χ0n) is 10.3. The monoisotopic (exact) mass is 230 g/mol. The normalized spacial score (nSPS) is 11.9. The fourth-order valence-electron chi connectivity index (χ4n) is 1.71. The summed E-state index contributed by atoms with van der Waals surface area (Å²) in [4.78, 5) is 4.38. The van der Waals surface area contributed by atoms with Crippen molar-refractivity contribution in [3.05, 3.63) is 42.1 Å². The number of hydrogen-bond donors (Lipinski definition) is 1. The molecule has 90 valence electrons. The lowest BCUT2D eigenvalue weighted by molar-refractivity contribution is 0.0857. The lowest BCUT2D eigenvalue weighted by Crippen LogP contribution is -2.37. The highest BCUT2D eigenvalue weighted by atomic mass is 16.5. The van der Waals surface area contributed by atoms with Crippen LogP contribution in [-0.4, -0.2) is 17.1 Å². The van der Waals surface area contributed by atoms with Crippen LogP contribution in [0.25, 0.3) is 10.9 Å². The van der Waals surface area contributed by atoms with E-state index in [9.17, 15) is 0 Å². The molecule has 3 nitrogen and oxygen atoms in total. The molecular formula is C14H18N2O. The second-order valence-electron chi connectivity index (χ2n) is 4.97. The first-order valence-electron chi connectivity index (χ1n) is 5.75. The second-order valence-corrected chi connectivity index (χ2v) is 4.97. The Kier molecular flexibility index (Phi) is 3.41. The fraction of sp³-hybridized carbons (Fsp3) is 0.357. The first kappa shape index (κ1) is 12.0. The zero-order chi connectivity index (χ0) is 12.3. The summed E-state index contributed by atoms with van der Waals surface area (Å²) in [6.07, 6.45) is 1.80. The first-order chi connectivity index (χ1) is 8.06. The number of fused-ring (bicyclic) bond motifs is 1. The summed E-state index contributed by atoms with van der Waals surface area (Å²) in [6.45, 7) is 4.99. The third kappa shape index (κ3) is 3.25. The molecule has 0 spiro atoms. The molecule has 1 heterocycles. The van der Waals surface area contributed by atoms with Crippen LogP contribution in [0.4, 0.5) is 0 Å². The maximum absolute atomic E-state index is 5.87. The Bertz CT molecular complexity index is 498. The fourth-order valence-corrected chi connectivity index (χ4v) is 1.71. The van der Waals surface area contributed by atoms with Crippen LogP contribution in [0.5, 0.6) is 0 Å². The van der Waals surface area contributed by atoms with Gasteiger partial charge in [-0.1, -0.05) is 24.3 Å². The molecule has 1 aromatic heterocycles. The van der Waals surface area contributed by atoms with Crippen LogP contribution in [-0.2, 0) is 11.3 Å². The quantitative estimate of drug-likeness (QED) is 0.877. The van der Waals surface area contributed by atoms with Gasteiger partial charge in [0.05, 0.1) is 18.7 Å². The number of para-hydroxylation sites is 1. The lowest BCUT2D eigenvalue weighted by Gasteiger charge is -2.18. The summed E-state index contributed by atoms with van der Waals surface area (Å²) in [5.74, 6) is 0. The standard InChI is InChI=1S/C14H18N2O/c1-14(2,15)10-17-9-12-6-3-5-11-7-4-8-16-13(11)12/h3-8H,9-10,15H2,1-2H3. The minimum Gasteiger partial charge on any atom is -0.375 e. The summed E-state index contributed by atoms with van der Waals surface area (Å²) in [5, 5.41) is 1.14. The maximum atomic E-state index is 5.87. The number of rotatable bonds is 4. The molecule has 2 N–H and O–H groups in total. The lowest BCUT2D eigenvalue weighted by atomic mass is 10.1. The van der Waals surface area contributed by atoms with E-state index >= 15 is 0 Å². The van der Waals surface area contributed by atoms with Crippen molar-refractivity contribution in [3.8, 4) is 0 Å². The number of nitrogens with zero attached hydrogens (tertiary/aromatic N) is 1. The van der Waals surface area contributed by atoms with Crippen molar-refractivity contribution < 1.29 is 4.74 Å². The highest BCUT2D eigenvalue weighted by Crippen LogP contribution is 2.16. The average Bonchev–Trinajstić information content (AvgIpc) is 2.28. The van der Waals surface area contributed by atoms with Gasteiger partial charge in [-0.2, -0.15) is 0 Å². The van der Waals surface area contributed by atoms with Gasteiger partial charge in [-0.05, 0) is 19.9 Å². The van der Waals surface area contributed by atoms with E-state index < -0.39 is 0 Å². The summed E-state index contributed by atoms with van der Waals surface area (Å²) in [5.41, 5.74) is 7.69. The third-order valence-corrected chi connectivity index (χ3v) is 2.45. The molecule has 0 radical (unpaired) electrons. The number of aromatic nitrogens is 1. The Morgan fingerprint density at radius 2 is 2.00 bits per heavy atom. The maximum Gasteiger partial charge on any atom is 0.0757 e. The van der Waals surface area contributed by atoms with E-state index in [4.69, 9.17) is 10.5 Å². The molecule has 0 fully saturated rings. The first-order valence-corrected chi connectivity index (χ1v) is 5.75. The van der Waals surface area contributed by atoms with Crippen molar-refractivity contribution in [2.45, 2.75) is 26.0 Å². The van der Waals surface area contributed by atoms with Gasteiger partial charge < -0.3 is 10.5 Å². The van der Waals surface area contributed by atoms with Crippen LogP contribution in [0.2, 0.25) is 0 Å². The summed E-state index contributed by atoms with van der Waals surface area (Å²) in [7, 11) is 0. The molecule has 0 bridgehead atoms. The SMILES string of the molecule is CC(C)(N)COCc1cccc2cccnc12. The minimum absolute atomic E-state index is 0.294. The largest absolute Gasteiger partial charge is 0.375 e. The summed E-state index contributed by atoms with van der Waals surface area (Å²) >= 11 is 0. The van der Waals surface area contributed by atoms with Crippen LogP contribution >= 0.6 is 0 Å². The van der Waals surface area contributed by atoms with E-state index in [1.165, 1.54) is 0 Å². The molecule has 2 aromatic rings. The van der Waals surface area contributed by atoms with Gasteiger partial charge in [-0.25, -0.2) is 0 Å². The van der Waals surface area contributed by atoms with Gasteiger partial charge in [0.25, 0.3) is 0 Å². The molecular weight excluding hydrogens is 212 g/mol. The van der Waals surface area contributed by atoms with E-state index in [1.807, 2.05) is 32.0 Å². The summed E-state index contributed by atoms with van der Waals surface area (Å²) in [6, 6.07) is 10.1. The molecule has 2 rings (SSSR count). The van der Waals surface area contributed by atoms with Crippen molar-refractivity contribution in [3.63, 3.8) is 0 Å². The van der Waals surface area contributed by atoms with Gasteiger partial charge in [-0.3, -0.25) is 4.98 Å². The Balaban J connectivity index is 2.13. The molecule has 0 atom stereocenters. The van der Waals surface area contributed by atoms with Crippen molar-refractivity contribution in [1.29, 1.82) is 0 Å². The second kappa shape index (κ2) is 4.82. The molecule has 0 aliphatic carbocycles. The zero-order valence-corrected chi connectivity index (χ0v) is 10.3. The van der Waals surface area contributed by atoms with Crippen LogP contribution < -0.4 is 5.73 Å². The Morgan fingerprint density at radius 3 is 2.76 bits per heavy atom. The van der Waals surface area contributed by atoms with Gasteiger partial charge in [0.1, 0.15) is 0 Å². The number of nitrogens with two attached hydrogens (primary N) is 1. The van der Waals surface area contributed by atoms with E-state index in [0.717, 1.165) is 16.5 Å². The van der Waals surface area contributed by atoms with Crippen LogP contribution in [0.3, 0.4) is 0 Å². The molecule has 17 heavy (non-hydrogen) atoms. The smallest absolute Gasteiger partial charge is 0.0757 e. The summed E-state index contributed by atoms with van der Waals surface area (Å²) < 4.78 is 5.63.